The molecule has 0 radical (unpaired) electrons. The van der Waals surface area contributed by atoms with Gasteiger partial charge in [-0.2, -0.15) is 0 Å². The summed E-state index contributed by atoms with van der Waals surface area (Å²) in [7, 11) is 1.49. The molecule has 67 heavy (non-hydrogen) atoms. The van der Waals surface area contributed by atoms with Crippen LogP contribution in [0, 0.1) is 17.8 Å². The third kappa shape index (κ3) is 11.5. The molecule has 7 N–H and O–H groups in total. The van der Waals surface area contributed by atoms with Crippen molar-refractivity contribution in [2.75, 3.05) is 32.5 Å². The van der Waals surface area contributed by atoms with Gasteiger partial charge in [0, 0.05) is 43.4 Å². The van der Waals surface area contributed by atoms with E-state index in [2.05, 4.69) is 15.6 Å². The van der Waals surface area contributed by atoms with Crippen molar-refractivity contribution in [1.29, 1.82) is 0 Å². The van der Waals surface area contributed by atoms with Crippen molar-refractivity contribution in [2.45, 2.75) is 147 Å². The number of methoxy groups -OCH3 is 1. The van der Waals surface area contributed by atoms with Crippen molar-refractivity contribution in [1.82, 2.24) is 25.2 Å². The van der Waals surface area contributed by atoms with Crippen LogP contribution in [0.4, 0.5) is 10.5 Å². The van der Waals surface area contributed by atoms with Gasteiger partial charge in [-0.25, -0.2) is 9.59 Å². The van der Waals surface area contributed by atoms with Crippen LogP contribution < -0.4 is 16.8 Å². The number of anilines is 1. The summed E-state index contributed by atoms with van der Waals surface area (Å²) in [6.07, 6.45) is -4.65. The smallest absolute Gasteiger partial charge is 0.410 e. The summed E-state index contributed by atoms with van der Waals surface area (Å²) >= 11 is 0. The molecule has 2 aromatic carbocycles. The number of aromatic nitrogens is 3. The summed E-state index contributed by atoms with van der Waals surface area (Å²) in [5, 5.41) is 34.6. The SMILES string of the molecule is CC[C@H]1OC(=O)[C@H](C)C(=O)[C@@H](C)[C@H](OC2O[C@H](COC(=O)c3ccccc3)[C@@H](O)[C@H](N)[C@H]2O)[C@](C)(OC)C[C@@H](C)CN[C@H](C)[C@H]2N(CCCCn3cc(-c4cccc(N)c4)nn3)C(=O)O[C@]12C. The van der Waals surface area contributed by atoms with Crippen molar-refractivity contribution < 1.29 is 57.8 Å². The summed E-state index contributed by atoms with van der Waals surface area (Å²) in [6.45, 7) is 13.3. The number of rotatable bonds is 13. The number of Topliss-reactive ketones (excluding diaryl/α,β-unsaturated/α-hetero) is 1. The van der Waals surface area contributed by atoms with Crippen molar-refractivity contribution in [2.24, 2.45) is 23.5 Å². The third-order valence-electron chi connectivity index (χ3n) is 13.7. The average Bonchev–Trinajstić information content (AvgIpc) is 3.90. The molecule has 3 aliphatic rings. The minimum Gasteiger partial charge on any atom is -0.459 e. The van der Waals surface area contributed by atoms with Crippen molar-refractivity contribution in [3.05, 3.63) is 66.4 Å². The first-order valence-corrected chi connectivity index (χ1v) is 23.2. The van der Waals surface area contributed by atoms with Crippen LogP contribution >= 0.6 is 0 Å². The van der Waals surface area contributed by atoms with Gasteiger partial charge < -0.3 is 55.4 Å². The van der Waals surface area contributed by atoms with E-state index in [4.69, 9.17) is 39.9 Å². The number of aliphatic hydroxyl groups excluding tert-OH is 2. The molecule has 3 fully saturated rings. The van der Waals surface area contributed by atoms with Gasteiger partial charge in [0.1, 0.15) is 42.6 Å². The Hall–Kier alpha value is -5.02. The van der Waals surface area contributed by atoms with Crippen molar-refractivity contribution in [3.8, 4) is 11.3 Å². The Labute approximate surface area is 392 Å². The summed E-state index contributed by atoms with van der Waals surface area (Å²) in [6, 6.07) is 13.5. The lowest BCUT2D eigenvalue weighted by Gasteiger charge is -2.46. The maximum Gasteiger partial charge on any atom is 0.410 e. The molecule has 0 aliphatic carbocycles. The first kappa shape index (κ1) is 51.4. The molecule has 1 amide bonds. The highest BCUT2D eigenvalue weighted by Crippen LogP contribution is 2.40. The zero-order chi connectivity index (χ0) is 48.8. The summed E-state index contributed by atoms with van der Waals surface area (Å²) in [4.78, 5) is 57.0. The number of nitrogens with two attached hydrogens (primary N) is 2. The van der Waals surface area contributed by atoms with Gasteiger partial charge in [0.05, 0.1) is 35.5 Å². The number of hydrogen-bond donors (Lipinski definition) is 5. The molecule has 6 rings (SSSR count). The van der Waals surface area contributed by atoms with Crippen LogP contribution in [-0.4, -0.2) is 147 Å². The number of ketones is 1. The second-order valence-corrected chi connectivity index (χ2v) is 18.8. The van der Waals surface area contributed by atoms with E-state index in [1.165, 1.54) is 14.0 Å². The average molecular weight is 936 g/mol. The number of fused-ring (bicyclic) bond motifs is 1. The minimum absolute atomic E-state index is 0.146. The van der Waals surface area contributed by atoms with E-state index >= 15 is 0 Å². The molecule has 4 heterocycles. The Bertz CT molecular complexity index is 2160. The van der Waals surface area contributed by atoms with E-state index in [1.807, 2.05) is 51.2 Å². The number of aryl methyl sites for hydroxylation is 1. The number of aliphatic hydroxyl groups is 2. The van der Waals surface area contributed by atoms with Crippen LogP contribution in [0.3, 0.4) is 0 Å². The van der Waals surface area contributed by atoms with E-state index in [0.29, 0.717) is 50.3 Å². The number of cyclic esters (lactones) is 1. The molecule has 0 saturated carbocycles. The Morgan fingerprint density at radius 1 is 1.00 bits per heavy atom. The molecule has 3 aromatic rings. The second kappa shape index (κ2) is 21.9. The lowest BCUT2D eigenvalue weighted by atomic mass is 9.78. The minimum atomic E-state index is -1.58. The molecule has 3 saturated heterocycles. The molecule has 3 aliphatic heterocycles. The molecule has 0 bridgehead atoms. The van der Waals surface area contributed by atoms with Crippen LogP contribution in [0.15, 0.2) is 60.8 Å². The van der Waals surface area contributed by atoms with Crippen LogP contribution in [0.5, 0.6) is 0 Å². The first-order chi connectivity index (χ1) is 31.8. The van der Waals surface area contributed by atoms with Gasteiger partial charge in [-0.05, 0) is 90.1 Å². The maximum absolute atomic E-state index is 14.5. The van der Waals surface area contributed by atoms with Gasteiger partial charge >= 0.3 is 18.0 Å². The van der Waals surface area contributed by atoms with E-state index in [9.17, 15) is 29.4 Å². The predicted molar refractivity (Wildman–Crippen MR) is 245 cm³/mol. The Morgan fingerprint density at radius 2 is 1.72 bits per heavy atom. The summed E-state index contributed by atoms with van der Waals surface area (Å²) < 4.78 is 38.5. The number of nitrogens with zero attached hydrogens (tertiary/aromatic N) is 4. The molecular formula is C48H69N7O12. The second-order valence-electron chi connectivity index (χ2n) is 18.8. The van der Waals surface area contributed by atoms with Crippen molar-refractivity contribution in [3.63, 3.8) is 0 Å². The highest BCUT2D eigenvalue weighted by molar-refractivity contribution is 6.00. The van der Waals surface area contributed by atoms with Gasteiger partial charge in [0.15, 0.2) is 17.7 Å². The topological polar surface area (TPSA) is 262 Å². The number of esters is 2. The number of nitrogens with one attached hydrogen (secondary N) is 1. The van der Waals surface area contributed by atoms with Crippen molar-refractivity contribution >= 4 is 29.5 Å². The van der Waals surface area contributed by atoms with Crippen LogP contribution in [0.2, 0.25) is 0 Å². The monoisotopic (exact) mass is 936 g/mol. The van der Waals surface area contributed by atoms with Crippen LogP contribution in [-0.2, 0) is 44.6 Å². The maximum atomic E-state index is 14.5. The zero-order valence-corrected chi connectivity index (χ0v) is 39.8. The summed E-state index contributed by atoms with van der Waals surface area (Å²) in [5.74, 6) is -4.53. The number of hydrogen-bond acceptors (Lipinski definition) is 17. The zero-order valence-electron chi connectivity index (χ0n) is 39.8. The van der Waals surface area contributed by atoms with Crippen LogP contribution in [0.25, 0.3) is 11.3 Å². The van der Waals surface area contributed by atoms with E-state index in [0.717, 1.165) is 5.56 Å². The van der Waals surface area contributed by atoms with Gasteiger partial charge in [-0.1, -0.05) is 56.3 Å². The van der Waals surface area contributed by atoms with Gasteiger partial charge in [-0.3, -0.25) is 19.2 Å². The Balaban J connectivity index is 1.20. The number of benzene rings is 2. The Kier molecular flexibility index (Phi) is 16.8. The molecule has 19 heteroatoms. The predicted octanol–water partition coefficient (Wildman–Crippen LogP) is 3.49. The molecule has 14 atom stereocenters. The molecule has 0 spiro atoms. The number of carbonyl (C=O) groups excluding carboxylic acids is 4. The molecular weight excluding hydrogens is 867 g/mol. The number of amides is 1. The highest BCUT2D eigenvalue weighted by Gasteiger charge is 2.59. The quantitative estimate of drug-likeness (QED) is 0.0540. The Morgan fingerprint density at radius 3 is 2.40 bits per heavy atom. The fourth-order valence-corrected chi connectivity index (χ4v) is 9.83. The van der Waals surface area contributed by atoms with Gasteiger partial charge in [-0.15, -0.1) is 5.10 Å². The lowest BCUT2D eigenvalue weighted by molar-refractivity contribution is -0.310. The fraction of sp³-hybridized carbons (Fsp3) is 0.625. The van der Waals surface area contributed by atoms with Crippen LogP contribution in [0.1, 0.15) is 84.5 Å². The lowest BCUT2D eigenvalue weighted by Crippen LogP contribution is -2.65. The number of ether oxygens (including phenoxy) is 6. The molecule has 19 nitrogen and oxygen atoms in total. The van der Waals surface area contributed by atoms with E-state index < -0.39 is 102 Å². The largest absolute Gasteiger partial charge is 0.459 e. The number of nitrogen functional groups attached to an aromatic ring is 1. The molecule has 368 valence electrons. The number of unbranched alkanes of at least 4 members (excludes halogenated alkanes) is 1. The first-order valence-electron chi connectivity index (χ1n) is 23.2. The molecule has 1 unspecified atom stereocenters. The van der Waals surface area contributed by atoms with Gasteiger partial charge in [0.2, 0.25) is 0 Å². The highest BCUT2D eigenvalue weighted by atomic mass is 16.7. The normalized spacial score (nSPS) is 34.4. The van der Waals surface area contributed by atoms with E-state index in [1.54, 1.807) is 60.7 Å². The molecule has 1 aromatic heterocycles. The third-order valence-corrected chi connectivity index (χ3v) is 13.7. The number of carbonyl (C=O) groups is 4. The van der Waals surface area contributed by atoms with Gasteiger partial charge in [0.25, 0.3) is 0 Å². The standard InChI is InChI=1S/C48H69N7O12/c1-9-36-48(7)41(55(46(61)67-48)21-14-13-20-54-25-34(52-53-54)32-18-15-19-33(49)22-32)30(5)51-24-27(2)23-47(6,62-8)42(28(3)38(56)29(4)43(59)65-36)66-45-40(58)37(50)39(57)35(64-45)26-63-44(60)31-16-11-10-12-17-31/h10-12,15-19,22,25,27-30,35-37,39-42,45,51,57-58H,9,13-14,20-21,23-24,26,49-50H2,1-8H3/t27-,28-,29-,30-,35-,36-,37+,39-,40-,41-,42+,45?,47-,48-/m1/s1. The fourth-order valence-electron chi connectivity index (χ4n) is 9.83. The summed E-state index contributed by atoms with van der Waals surface area (Å²) in [5.41, 5.74) is 12.2. The van der Waals surface area contributed by atoms with E-state index in [-0.39, 0.29) is 23.9 Å².